The van der Waals surface area contributed by atoms with Crippen molar-refractivity contribution in [2.75, 3.05) is 5.01 Å². The lowest BCUT2D eigenvalue weighted by molar-refractivity contribution is -0.141. The standard InChI is InChI=1S/C19H13F5N4OS/c20-16(21)18(29)10-13(11-5-2-1-3-6-11)27-28(18)17-25-12(14-7-4-8-30-14)9-15(26-17)19(22,23)24/h1-9,16,29H,10H2/t18-/m0/s1. The normalized spacial score (nSPS) is 19.4. The molecule has 0 spiro atoms. The Morgan fingerprint density at radius 1 is 1.07 bits per heavy atom. The molecule has 1 aliphatic heterocycles. The minimum Gasteiger partial charge on any atom is -0.364 e. The van der Waals surface area contributed by atoms with Crippen LogP contribution in [0.2, 0.25) is 0 Å². The second kappa shape index (κ2) is 7.40. The Morgan fingerprint density at radius 2 is 1.80 bits per heavy atom. The SMILES string of the molecule is O[C@]1(C(F)F)CC(c2ccccc2)=NN1c1nc(-c2cccs2)cc(C(F)(F)F)n1. The second-order valence-electron chi connectivity index (χ2n) is 6.49. The van der Waals surface area contributed by atoms with Crippen LogP contribution >= 0.6 is 11.3 Å². The van der Waals surface area contributed by atoms with E-state index in [4.69, 9.17) is 0 Å². The summed E-state index contributed by atoms with van der Waals surface area (Å²) in [4.78, 5) is 7.78. The van der Waals surface area contributed by atoms with Crippen molar-refractivity contribution in [2.24, 2.45) is 5.10 Å². The summed E-state index contributed by atoms with van der Waals surface area (Å²) in [5, 5.41) is 16.6. The molecule has 156 valence electrons. The fourth-order valence-electron chi connectivity index (χ4n) is 2.97. The van der Waals surface area contributed by atoms with Crippen LogP contribution < -0.4 is 5.01 Å². The van der Waals surface area contributed by atoms with Gasteiger partial charge in [-0.25, -0.2) is 18.7 Å². The number of hydrogen-bond donors (Lipinski definition) is 1. The molecule has 3 aromatic rings. The molecule has 0 saturated heterocycles. The Labute approximate surface area is 171 Å². The Bertz CT molecular complexity index is 1070. The zero-order valence-corrected chi connectivity index (χ0v) is 15.8. The number of aliphatic hydroxyl groups is 1. The number of hydrogen-bond acceptors (Lipinski definition) is 6. The van der Waals surface area contributed by atoms with Gasteiger partial charge in [0.05, 0.1) is 16.3 Å². The van der Waals surface area contributed by atoms with Crippen molar-refractivity contribution in [3.63, 3.8) is 0 Å². The first-order chi connectivity index (χ1) is 14.2. The van der Waals surface area contributed by atoms with Crippen LogP contribution in [0.5, 0.6) is 0 Å². The molecule has 1 aromatic carbocycles. The van der Waals surface area contributed by atoms with E-state index in [1.54, 1.807) is 47.8 Å². The molecule has 1 aliphatic rings. The second-order valence-corrected chi connectivity index (χ2v) is 7.44. The van der Waals surface area contributed by atoms with Crippen LogP contribution in [-0.2, 0) is 6.18 Å². The largest absolute Gasteiger partial charge is 0.433 e. The summed E-state index contributed by atoms with van der Waals surface area (Å²) < 4.78 is 67.9. The van der Waals surface area contributed by atoms with E-state index in [0.29, 0.717) is 15.4 Å². The summed E-state index contributed by atoms with van der Waals surface area (Å²) in [5.74, 6) is -0.762. The number of nitrogens with zero attached hydrogens (tertiary/aromatic N) is 4. The van der Waals surface area contributed by atoms with Gasteiger partial charge in [-0.15, -0.1) is 11.3 Å². The lowest BCUT2D eigenvalue weighted by Gasteiger charge is -2.30. The molecule has 11 heteroatoms. The Morgan fingerprint density at radius 3 is 2.40 bits per heavy atom. The number of aromatic nitrogens is 2. The lowest BCUT2D eigenvalue weighted by atomic mass is 10.0. The number of thiophene rings is 1. The summed E-state index contributed by atoms with van der Waals surface area (Å²) in [7, 11) is 0. The summed E-state index contributed by atoms with van der Waals surface area (Å²) >= 11 is 1.13. The van der Waals surface area contributed by atoms with E-state index in [-0.39, 0.29) is 11.4 Å². The zero-order chi connectivity index (χ0) is 21.5. The average Bonchev–Trinajstić information content (AvgIpc) is 3.36. The fourth-order valence-corrected chi connectivity index (χ4v) is 3.65. The van der Waals surface area contributed by atoms with Crippen molar-refractivity contribution in [1.82, 2.24) is 9.97 Å². The maximum Gasteiger partial charge on any atom is 0.433 e. The van der Waals surface area contributed by atoms with Crippen LogP contribution in [0.3, 0.4) is 0 Å². The van der Waals surface area contributed by atoms with Crippen LogP contribution in [0, 0.1) is 0 Å². The molecule has 2 aromatic heterocycles. The Balaban J connectivity index is 1.87. The lowest BCUT2D eigenvalue weighted by Crippen LogP contribution is -2.50. The highest BCUT2D eigenvalue weighted by Crippen LogP contribution is 2.39. The summed E-state index contributed by atoms with van der Waals surface area (Å²) in [6.07, 6.45) is -8.80. The van der Waals surface area contributed by atoms with E-state index in [2.05, 4.69) is 15.1 Å². The van der Waals surface area contributed by atoms with E-state index < -0.39 is 36.4 Å². The van der Waals surface area contributed by atoms with Gasteiger partial charge < -0.3 is 5.11 Å². The molecular weight excluding hydrogens is 427 g/mol. The molecule has 0 aliphatic carbocycles. The zero-order valence-electron chi connectivity index (χ0n) is 15.0. The molecule has 0 unspecified atom stereocenters. The van der Waals surface area contributed by atoms with Crippen molar-refractivity contribution >= 4 is 23.0 Å². The van der Waals surface area contributed by atoms with Gasteiger partial charge in [0.15, 0.2) is 5.69 Å². The number of rotatable bonds is 4. The smallest absolute Gasteiger partial charge is 0.364 e. The molecule has 5 nitrogen and oxygen atoms in total. The molecule has 1 atom stereocenters. The van der Waals surface area contributed by atoms with Crippen LogP contribution in [0.4, 0.5) is 27.9 Å². The van der Waals surface area contributed by atoms with E-state index in [1.165, 1.54) is 0 Å². The summed E-state index contributed by atoms with van der Waals surface area (Å²) in [6, 6.07) is 12.1. The molecule has 30 heavy (non-hydrogen) atoms. The molecule has 0 amide bonds. The molecule has 0 bridgehead atoms. The third kappa shape index (κ3) is 3.65. The predicted octanol–water partition coefficient (Wildman–Crippen LogP) is 4.79. The first-order valence-corrected chi connectivity index (χ1v) is 9.50. The topological polar surface area (TPSA) is 61.6 Å². The van der Waals surface area contributed by atoms with Crippen LogP contribution in [-0.4, -0.2) is 32.9 Å². The van der Waals surface area contributed by atoms with Gasteiger partial charge >= 0.3 is 6.18 Å². The Kier molecular flexibility index (Phi) is 5.02. The number of anilines is 1. The van der Waals surface area contributed by atoms with Crippen LogP contribution in [0.1, 0.15) is 17.7 Å². The molecular formula is C19H13F5N4OS. The van der Waals surface area contributed by atoms with Crippen LogP contribution in [0.15, 0.2) is 59.0 Å². The van der Waals surface area contributed by atoms with Gasteiger partial charge in [0.2, 0.25) is 11.7 Å². The molecule has 1 N–H and O–H groups in total. The maximum atomic E-state index is 13.8. The number of halogens is 5. The van der Waals surface area contributed by atoms with Crippen molar-refractivity contribution in [3.05, 3.63) is 65.2 Å². The third-order valence-corrected chi connectivity index (χ3v) is 5.33. The van der Waals surface area contributed by atoms with Gasteiger partial charge in [-0.1, -0.05) is 36.4 Å². The van der Waals surface area contributed by atoms with Crippen molar-refractivity contribution in [3.8, 4) is 10.6 Å². The molecule has 0 radical (unpaired) electrons. The molecule has 0 fully saturated rings. The monoisotopic (exact) mass is 440 g/mol. The summed E-state index contributed by atoms with van der Waals surface area (Å²) in [6.45, 7) is 0. The van der Waals surface area contributed by atoms with Gasteiger partial charge in [-0.05, 0) is 23.1 Å². The quantitative estimate of drug-likeness (QED) is 0.593. The number of alkyl halides is 5. The van der Waals surface area contributed by atoms with Gasteiger partial charge in [-0.2, -0.15) is 23.3 Å². The molecule has 3 heterocycles. The number of benzene rings is 1. The van der Waals surface area contributed by atoms with Crippen molar-refractivity contribution in [1.29, 1.82) is 0 Å². The maximum absolute atomic E-state index is 13.8. The van der Waals surface area contributed by atoms with E-state index in [0.717, 1.165) is 17.4 Å². The third-order valence-electron chi connectivity index (χ3n) is 4.44. The van der Waals surface area contributed by atoms with Gasteiger partial charge in [0.25, 0.3) is 6.43 Å². The minimum atomic E-state index is -4.85. The van der Waals surface area contributed by atoms with Crippen molar-refractivity contribution < 1.29 is 27.1 Å². The highest BCUT2D eigenvalue weighted by molar-refractivity contribution is 7.13. The highest BCUT2D eigenvalue weighted by atomic mass is 32.1. The van der Waals surface area contributed by atoms with Gasteiger partial charge in [0.1, 0.15) is 0 Å². The van der Waals surface area contributed by atoms with Gasteiger partial charge in [0, 0.05) is 6.42 Å². The average molecular weight is 440 g/mol. The van der Waals surface area contributed by atoms with E-state index in [9.17, 15) is 27.1 Å². The summed E-state index contributed by atoms with van der Waals surface area (Å²) in [5.41, 5.74) is -3.79. The predicted molar refractivity (Wildman–Crippen MR) is 101 cm³/mol. The van der Waals surface area contributed by atoms with Crippen molar-refractivity contribution in [2.45, 2.75) is 24.7 Å². The Hall–Kier alpha value is -2.92. The van der Waals surface area contributed by atoms with E-state index in [1.807, 2.05) is 0 Å². The van der Waals surface area contributed by atoms with Gasteiger partial charge in [-0.3, -0.25) is 0 Å². The minimum absolute atomic E-state index is 0.0806. The molecule has 4 rings (SSSR count). The highest BCUT2D eigenvalue weighted by Gasteiger charge is 2.51. The van der Waals surface area contributed by atoms with E-state index >= 15 is 0 Å². The first kappa shape index (κ1) is 20.4. The first-order valence-electron chi connectivity index (χ1n) is 8.62. The van der Waals surface area contributed by atoms with Crippen LogP contribution in [0.25, 0.3) is 10.6 Å². The number of hydrazone groups is 1. The molecule has 0 saturated carbocycles. The fraction of sp³-hybridized carbons (Fsp3) is 0.211.